The summed E-state index contributed by atoms with van der Waals surface area (Å²) in [6, 6.07) is -3.51. The highest BCUT2D eigenvalue weighted by Crippen LogP contribution is 2.21. The Hall–Kier alpha value is -10.7. The highest BCUT2D eigenvalue weighted by molar-refractivity contribution is 6.01. The molecular formula is C68H100N16O21. The number of nitrogens with one attached hydrogen (secondary N) is 13. The number of carboxylic acids is 2. The van der Waals surface area contributed by atoms with Crippen molar-refractivity contribution in [2.45, 2.75) is 197 Å². The van der Waals surface area contributed by atoms with E-state index < -0.39 is 232 Å². The second kappa shape index (κ2) is 44.1. The summed E-state index contributed by atoms with van der Waals surface area (Å²) in [6.45, 7) is 4.55. The molecule has 0 saturated carbocycles. The van der Waals surface area contributed by atoms with Crippen LogP contribution in [0, 0.1) is 11.8 Å². The number of carbonyl (C=O) groups is 16. The normalized spacial score (nSPS) is 23.3. The number of unbranched alkanes of at least 4 members (excludes halogenated alkanes) is 1. The lowest BCUT2D eigenvalue weighted by Gasteiger charge is -2.30. The van der Waals surface area contributed by atoms with Gasteiger partial charge in [-0.2, -0.15) is 0 Å². The number of hydrogen-bond donors (Lipinski definition) is 20. The fraction of sp³-hybridized carbons (Fsp3) is 0.559. The van der Waals surface area contributed by atoms with Crippen LogP contribution >= 0.6 is 0 Å². The van der Waals surface area contributed by atoms with Gasteiger partial charge in [-0.05, 0) is 68.3 Å². The van der Waals surface area contributed by atoms with E-state index in [9.17, 15) is 97.1 Å². The van der Waals surface area contributed by atoms with Crippen LogP contribution in [0.4, 0.5) is 0 Å². The Morgan fingerprint density at radius 2 is 1.10 bits per heavy atom. The number of hydrogen-bond acceptors (Lipinski definition) is 21. The Morgan fingerprint density at radius 3 is 1.64 bits per heavy atom. The summed E-state index contributed by atoms with van der Waals surface area (Å²) >= 11 is 0. The van der Waals surface area contributed by atoms with Gasteiger partial charge in [-0.3, -0.25) is 71.9 Å². The van der Waals surface area contributed by atoms with Crippen molar-refractivity contribution < 1.29 is 102 Å². The van der Waals surface area contributed by atoms with Gasteiger partial charge in [0.25, 0.3) is 0 Å². The second-order valence-corrected chi connectivity index (χ2v) is 25.7. The molecule has 1 aliphatic heterocycles. The molecule has 37 nitrogen and oxygen atoms in total. The van der Waals surface area contributed by atoms with Crippen molar-refractivity contribution in [2.75, 3.05) is 32.8 Å². The van der Waals surface area contributed by atoms with E-state index in [0.717, 1.165) is 26.2 Å². The summed E-state index contributed by atoms with van der Waals surface area (Å²) in [5.74, 6) is -20.5. The van der Waals surface area contributed by atoms with Crippen molar-refractivity contribution in [3.05, 3.63) is 71.9 Å². The molecule has 13 amide bonds. The van der Waals surface area contributed by atoms with Crippen LogP contribution in [-0.2, 0) is 94.3 Å². The van der Waals surface area contributed by atoms with Gasteiger partial charge in [0, 0.05) is 29.9 Å². The predicted molar refractivity (Wildman–Crippen MR) is 374 cm³/mol. The van der Waals surface area contributed by atoms with E-state index in [1.165, 1.54) is 0 Å². The van der Waals surface area contributed by atoms with Gasteiger partial charge in [-0.25, -0.2) is 4.79 Å². The number of ether oxygens (including phenoxy) is 1. The maximum Gasteiger partial charge on any atom is 0.329 e. The lowest BCUT2D eigenvalue weighted by atomic mass is 9.96. The minimum Gasteiger partial charge on any atom is -0.481 e. The monoisotopic (exact) mass is 1480 g/mol. The highest BCUT2D eigenvalue weighted by atomic mass is 16.5. The average molecular weight is 1480 g/mol. The maximum atomic E-state index is 14.8. The van der Waals surface area contributed by atoms with Gasteiger partial charge in [0.2, 0.25) is 76.8 Å². The molecule has 2 unspecified atom stereocenters. The lowest BCUT2D eigenvalue weighted by molar-refractivity contribution is -0.156. The van der Waals surface area contributed by atoms with Crippen LogP contribution in [0.5, 0.6) is 0 Å². The van der Waals surface area contributed by atoms with Gasteiger partial charge in [0.05, 0.1) is 51.5 Å². The fourth-order valence-corrected chi connectivity index (χ4v) is 11.0. The third-order valence-electron chi connectivity index (χ3n) is 17.3. The predicted octanol–water partition coefficient (Wildman–Crippen LogP) is -5.10. The molecule has 578 valence electrons. The number of para-hydroxylation sites is 1. The van der Waals surface area contributed by atoms with Crippen molar-refractivity contribution in [3.63, 3.8) is 0 Å². The van der Waals surface area contributed by atoms with Crippen molar-refractivity contribution in [2.24, 2.45) is 29.0 Å². The summed E-state index contributed by atoms with van der Waals surface area (Å²) in [5.41, 5.74) is 18.8. The molecule has 37 heteroatoms. The standard InChI is InChI=1S/C68H100N16O21/c1-6-35(3)15-11-12-18-40(86)27-52(88)77-50(34-85)65(101)84-58-37(5)105-68(104)49(25-38-16-9-8-10-17-38)82-62(98)44(22-24-70)78-66(102)57(36(4)7-2)83-64(100)45(26-39-31-72-42-20-14-13-19-41(39)42)75-53(89)32-73-60(96)48(30-56(93)94)81-63(99)46(28-51(71)87)76-54(90)33-74-59(95)47(29-55(91)92)80-61(97)43(21-23-69)79-67(58)103/h8-10,13-14,16-17,19-20,31,35-37,40,43-50,57-58,72,85-86H,6-7,11-12,15,18,21-30,32-34,69-70H2,1-5H3,(H2,71,87)(H,73,96)(H,74,95)(H,75,89)(H,76,90)(H,77,88)(H,78,102)(H,79,103)(H,80,97)(H,81,99)(H,82,98)(H,83,100)(H,84,101)(H,91,92)(H,93,94)/t35?,36-,37+,40?,43+,44-,45-,46+,47-,48+,49-,50+,57-,58-/m0/s1. The number of fused-ring (bicyclic) bond motifs is 1. The number of nitrogens with two attached hydrogens (primary N) is 3. The minimum atomic E-state index is -2.14. The Labute approximate surface area is 605 Å². The number of primary amides is 1. The number of benzene rings is 2. The van der Waals surface area contributed by atoms with Gasteiger partial charge >= 0.3 is 17.9 Å². The summed E-state index contributed by atoms with van der Waals surface area (Å²) < 4.78 is 5.87. The molecule has 1 aliphatic rings. The first-order valence-corrected chi connectivity index (χ1v) is 34.6. The Morgan fingerprint density at radius 1 is 0.590 bits per heavy atom. The van der Waals surface area contributed by atoms with Crippen molar-refractivity contribution in [3.8, 4) is 0 Å². The number of rotatable bonds is 28. The molecule has 0 aliphatic carbocycles. The number of esters is 1. The van der Waals surface area contributed by atoms with Crippen LogP contribution in [0.3, 0.4) is 0 Å². The molecule has 0 spiro atoms. The summed E-state index contributed by atoms with van der Waals surface area (Å²) in [5, 5.41) is 69.2. The third kappa shape index (κ3) is 29.5. The second-order valence-electron chi connectivity index (χ2n) is 25.7. The number of carboxylic acid groups (broad SMARTS) is 2. The quantitative estimate of drug-likeness (QED) is 0.0239. The molecule has 2 heterocycles. The van der Waals surface area contributed by atoms with Gasteiger partial charge in [-0.15, -0.1) is 0 Å². The highest BCUT2D eigenvalue weighted by Gasteiger charge is 2.40. The van der Waals surface area contributed by atoms with Gasteiger partial charge in [0.1, 0.15) is 66.5 Å². The lowest BCUT2D eigenvalue weighted by Crippen LogP contribution is -2.62. The SMILES string of the molecule is CCC(C)CCCCC(O)CC(=O)N[C@H](CO)C(=O)N[C@@H]1C(=O)N[C@H](CCN)C(=O)N[C@@H](CC(=O)O)C(=O)NCC(=O)N[C@H](CC(N)=O)C(=O)N[C@H](CC(=O)O)C(=O)NCC(=O)N[C@@H](Cc2c[nH]c3ccccc23)C(=O)N[C@@H]([C@@H](C)CC)C(=O)N[C@@H](CCN)C(=O)N[C@@H](Cc2ccccc2)C(=O)O[C@@H]1C. The van der Waals surface area contributed by atoms with Crippen molar-refractivity contribution in [1.82, 2.24) is 68.8 Å². The maximum absolute atomic E-state index is 14.8. The number of aromatic nitrogens is 1. The molecule has 105 heavy (non-hydrogen) atoms. The van der Waals surface area contributed by atoms with Gasteiger partial charge in [0.15, 0.2) is 0 Å². The molecule has 0 radical (unpaired) electrons. The number of H-pyrrole nitrogens is 1. The molecule has 1 aromatic heterocycles. The van der Waals surface area contributed by atoms with Crippen LogP contribution in [0.1, 0.15) is 123 Å². The number of aliphatic hydroxyl groups is 2. The zero-order chi connectivity index (χ0) is 78.0. The van der Waals surface area contributed by atoms with Gasteiger partial charge in [-0.1, -0.05) is 108 Å². The first-order chi connectivity index (χ1) is 49.8. The van der Waals surface area contributed by atoms with Crippen LogP contribution in [0.2, 0.25) is 0 Å². The topological polar surface area (TPSA) is 601 Å². The summed E-state index contributed by atoms with van der Waals surface area (Å²) in [6.07, 6.45) is -3.23. The van der Waals surface area contributed by atoms with E-state index >= 15 is 0 Å². The molecular weight excluding hydrogens is 1380 g/mol. The number of aliphatic carboxylic acids is 2. The number of amides is 13. The number of aromatic amines is 1. The molecule has 3 aromatic rings. The van der Waals surface area contributed by atoms with Crippen molar-refractivity contribution in [1.29, 1.82) is 0 Å². The fourth-order valence-electron chi connectivity index (χ4n) is 11.0. The zero-order valence-corrected chi connectivity index (χ0v) is 59.3. The number of aliphatic hydroxyl groups excluding tert-OH is 2. The van der Waals surface area contributed by atoms with E-state index in [0.29, 0.717) is 34.4 Å². The van der Waals surface area contributed by atoms with Gasteiger partial charge < -0.3 is 111 Å². The molecule has 14 atom stereocenters. The molecule has 23 N–H and O–H groups in total. The molecule has 4 rings (SSSR count). The van der Waals surface area contributed by atoms with E-state index in [2.05, 4.69) is 70.4 Å². The molecule has 1 fully saturated rings. The van der Waals surface area contributed by atoms with Crippen molar-refractivity contribution >= 4 is 106 Å². The third-order valence-corrected chi connectivity index (χ3v) is 17.3. The molecule has 1 saturated heterocycles. The molecule has 0 bridgehead atoms. The largest absolute Gasteiger partial charge is 0.481 e. The van der Waals surface area contributed by atoms with Crippen LogP contribution in [0.15, 0.2) is 60.8 Å². The van der Waals surface area contributed by atoms with Crippen LogP contribution in [0.25, 0.3) is 10.9 Å². The Kier molecular flexibility index (Phi) is 36.4. The summed E-state index contributed by atoms with van der Waals surface area (Å²) in [7, 11) is 0. The first-order valence-electron chi connectivity index (χ1n) is 34.6. The Bertz CT molecular complexity index is 3520. The summed E-state index contributed by atoms with van der Waals surface area (Å²) in [4.78, 5) is 223. The average Bonchev–Trinajstić information content (AvgIpc) is 1.72. The van der Waals surface area contributed by atoms with Crippen LogP contribution in [-0.4, -0.2) is 226 Å². The van der Waals surface area contributed by atoms with E-state index in [1.807, 2.05) is 12.2 Å². The number of carbonyl (C=O) groups excluding carboxylic acids is 14. The first kappa shape index (κ1) is 86.7. The van der Waals surface area contributed by atoms with Crippen LogP contribution < -0.4 is 81.0 Å². The van der Waals surface area contributed by atoms with E-state index in [4.69, 9.17) is 21.9 Å². The van der Waals surface area contributed by atoms with E-state index in [-0.39, 0.29) is 38.6 Å². The molecule has 2 aromatic carbocycles. The number of cyclic esters (lactones) is 1. The zero-order valence-electron chi connectivity index (χ0n) is 59.3. The van der Waals surface area contributed by atoms with E-state index in [1.54, 1.807) is 74.6 Å². The Balaban J connectivity index is 1.86. The minimum absolute atomic E-state index is 0.217. The smallest absolute Gasteiger partial charge is 0.329 e.